The van der Waals surface area contributed by atoms with Crippen LogP contribution in [0.2, 0.25) is 0 Å². The third-order valence-corrected chi connectivity index (χ3v) is 5.00. The molecule has 4 aromatic rings. The molecule has 0 saturated heterocycles. The van der Waals surface area contributed by atoms with Gasteiger partial charge in [0.05, 0.1) is 16.2 Å². The number of nitro benzene ring substituents is 1. The number of carbonyl (C=O) groups is 2. The Bertz CT molecular complexity index is 1280. The Kier molecular flexibility index (Phi) is 5.85. The first kappa shape index (κ1) is 20.7. The van der Waals surface area contributed by atoms with Crippen molar-refractivity contribution < 1.29 is 14.5 Å². The van der Waals surface area contributed by atoms with Crippen LogP contribution in [0.3, 0.4) is 0 Å². The van der Waals surface area contributed by atoms with Gasteiger partial charge in [0.1, 0.15) is 0 Å². The first-order valence-electron chi connectivity index (χ1n) is 9.88. The van der Waals surface area contributed by atoms with E-state index < -0.39 is 16.6 Å². The third kappa shape index (κ3) is 4.44. The van der Waals surface area contributed by atoms with E-state index in [1.54, 1.807) is 42.5 Å². The highest BCUT2D eigenvalue weighted by Crippen LogP contribution is 2.26. The summed E-state index contributed by atoms with van der Waals surface area (Å²) in [6.07, 6.45) is 0. The fraction of sp³-hybridized carbons (Fsp3) is 0. The summed E-state index contributed by atoms with van der Waals surface area (Å²) in [4.78, 5) is 36.5. The Morgan fingerprint density at radius 3 is 1.91 bits per heavy atom. The standard InChI is InChI=1S/C26H18N2O4/c29-25(20-9-5-2-6-10-20)23-17-22(28(31)32)15-16-24(23)27-26(30)21-13-11-19(12-14-21)18-7-3-1-4-8-18/h1-17H,(H,27,30). The monoisotopic (exact) mass is 422 g/mol. The summed E-state index contributed by atoms with van der Waals surface area (Å²) in [5, 5.41) is 13.9. The first-order valence-corrected chi connectivity index (χ1v) is 9.88. The minimum Gasteiger partial charge on any atom is -0.321 e. The van der Waals surface area contributed by atoms with Crippen molar-refractivity contribution in [2.45, 2.75) is 0 Å². The number of hydrogen-bond acceptors (Lipinski definition) is 4. The Hall–Kier alpha value is -4.58. The molecule has 0 saturated carbocycles. The summed E-state index contributed by atoms with van der Waals surface area (Å²) in [7, 11) is 0. The maximum absolute atomic E-state index is 13.0. The van der Waals surface area contributed by atoms with Crippen LogP contribution in [-0.2, 0) is 0 Å². The molecule has 0 fully saturated rings. The van der Waals surface area contributed by atoms with E-state index in [2.05, 4.69) is 5.32 Å². The lowest BCUT2D eigenvalue weighted by atomic mass is 10.0. The Balaban J connectivity index is 1.63. The van der Waals surface area contributed by atoms with Gasteiger partial charge in [-0.15, -0.1) is 0 Å². The second-order valence-corrected chi connectivity index (χ2v) is 7.08. The van der Waals surface area contributed by atoms with Gasteiger partial charge in [-0.05, 0) is 29.3 Å². The molecule has 156 valence electrons. The topological polar surface area (TPSA) is 89.3 Å². The van der Waals surface area contributed by atoms with Crippen LogP contribution in [0.5, 0.6) is 0 Å². The van der Waals surface area contributed by atoms with Gasteiger partial charge in [0.2, 0.25) is 0 Å². The Labute approximate surface area is 184 Å². The molecule has 0 atom stereocenters. The minimum absolute atomic E-state index is 0.0552. The molecular formula is C26H18N2O4. The highest BCUT2D eigenvalue weighted by molar-refractivity contribution is 6.15. The van der Waals surface area contributed by atoms with E-state index in [1.165, 1.54) is 18.2 Å². The number of anilines is 1. The van der Waals surface area contributed by atoms with Crippen molar-refractivity contribution in [2.75, 3.05) is 5.32 Å². The minimum atomic E-state index is -0.574. The molecule has 1 amide bonds. The number of nitro groups is 1. The van der Waals surface area contributed by atoms with Crippen LogP contribution >= 0.6 is 0 Å². The largest absolute Gasteiger partial charge is 0.321 e. The molecule has 1 N–H and O–H groups in total. The van der Waals surface area contributed by atoms with Crippen LogP contribution in [0, 0.1) is 10.1 Å². The molecule has 6 heteroatoms. The van der Waals surface area contributed by atoms with Crippen LogP contribution in [0.4, 0.5) is 11.4 Å². The van der Waals surface area contributed by atoms with Gasteiger partial charge in [0, 0.05) is 23.3 Å². The normalized spacial score (nSPS) is 10.4. The summed E-state index contributed by atoms with van der Waals surface area (Å²) >= 11 is 0. The summed E-state index contributed by atoms with van der Waals surface area (Å²) < 4.78 is 0. The zero-order valence-corrected chi connectivity index (χ0v) is 16.9. The summed E-state index contributed by atoms with van der Waals surface area (Å²) in [6, 6.07) is 29.1. The van der Waals surface area contributed by atoms with Crippen molar-refractivity contribution in [1.29, 1.82) is 0 Å². The highest BCUT2D eigenvalue weighted by Gasteiger charge is 2.20. The Morgan fingerprint density at radius 1 is 0.688 bits per heavy atom. The van der Waals surface area contributed by atoms with Crippen molar-refractivity contribution in [3.63, 3.8) is 0 Å². The quantitative estimate of drug-likeness (QED) is 0.244. The number of amides is 1. The molecule has 0 spiro atoms. The van der Waals surface area contributed by atoms with Gasteiger partial charge < -0.3 is 5.32 Å². The number of carbonyl (C=O) groups excluding carboxylic acids is 2. The van der Waals surface area contributed by atoms with Gasteiger partial charge in [-0.1, -0.05) is 72.8 Å². The predicted octanol–water partition coefficient (Wildman–Crippen LogP) is 5.75. The van der Waals surface area contributed by atoms with Gasteiger partial charge in [-0.2, -0.15) is 0 Å². The SMILES string of the molecule is O=C(Nc1ccc([N+](=O)[O-])cc1C(=O)c1ccccc1)c1ccc(-c2ccccc2)cc1. The molecule has 4 aromatic carbocycles. The molecule has 0 bridgehead atoms. The summed E-state index contributed by atoms with van der Waals surface area (Å²) in [6.45, 7) is 0. The predicted molar refractivity (Wildman–Crippen MR) is 123 cm³/mol. The van der Waals surface area contributed by atoms with Crippen LogP contribution in [0.15, 0.2) is 103 Å². The van der Waals surface area contributed by atoms with E-state index in [9.17, 15) is 19.7 Å². The lowest BCUT2D eigenvalue weighted by Gasteiger charge is -2.11. The molecule has 0 aromatic heterocycles. The van der Waals surface area contributed by atoms with Gasteiger partial charge in [-0.3, -0.25) is 19.7 Å². The van der Waals surface area contributed by atoms with Crippen molar-refractivity contribution in [2.24, 2.45) is 0 Å². The molecule has 4 rings (SSSR count). The van der Waals surface area contributed by atoms with Crippen molar-refractivity contribution in [3.8, 4) is 11.1 Å². The third-order valence-electron chi connectivity index (χ3n) is 5.00. The molecule has 0 aliphatic carbocycles. The number of non-ortho nitro benzene ring substituents is 1. The van der Waals surface area contributed by atoms with Crippen LogP contribution in [0.25, 0.3) is 11.1 Å². The molecule has 6 nitrogen and oxygen atoms in total. The molecule has 0 aliphatic heterocycles. The number of ketones is 1. The fourth-order valence-electron chi connectivity index (χ4n) is 3.33. The maximum Gasteiger partial charge on any atom is 0.270 e. The molecule has 32 heavy (non-hydrogen) atoms. The number of nitrogens with one attached hydrogen (secondary N) is 1. The van der Waals surface area contributed by atoms with Gasteiger partial charge in [0.15, 0.2) is 5.78 Å². The van der Waals surface area contributed by atoms with Crippen LogP contribution in [0.1, 0.15) is 26.3 Å². The van der Waals surface area contributed by atoms with Crippen molar-refractivity contribution >= 4 is 23.1 Å². The van der Waals surface area contributed by atoms with E-state index in [0.717, 1.165) is 11.1 Å². The molecule has 0 unspecified atom stereocenters. The summed E-state index contributed by atoms with van der Waals surface area (Å²) in [5.74, 6) is -0.829. The van der Waals surface area contributed by atoms with Gasteiger partial charge in [0.25, 0.3) is 11.6 Å². The van der Waals surface area contributed by atoms with Crippen LogP contribution < -0.4 is 5.32 Å². The molecule has 0 heterocycles. The molecule has 0 radical (unpaired) electrons. The zero-order valence-electron chi connectivity index (χ0n) is 16.9. The Morgan fingerprint density at radius 2 is 1.28 bits per heavy atom. The lowest BCUT2D eigenvalue weighted by Crippen LogP contribution is -2.15. The number of hydrogen-bond donors (Lipinski definition) is 1. The summed E-state index contributed by atoms with van der Waals surface area (Å²) in [5.41, 5.74) is 2.82. The van der Waals surface area contributed by atoms with E-state index in [-0.39, 0.29) is 16.9 Å². The average molecular weight is 422 g/mol. The fourth-order valence-corrected chi connectivity index (χ4v) is 3.33. The van der Waals surface area contributed by atoms with E-state index in [1.807, 2.05) is 42.5 Å². The van der Waals surface area contributed by atoms with Crippen molar-refractivity contribution in [3.05, 3.63) is 130 Å². The van der Waals surface area contributed by atoms with Gasteiger partial charge >= 0.3 is 0 Å². The average Bonchev–Trinajstić information content (AvgIpc) is 2.85. The number of nitrogens with zero attached hydrogens (tertiary/aromatic N) is 1. The number of benzene rings is 4. The molecule has 0 aliphatic rings. The van der Waals surface area contributed by atoms with Crippen molar-refractivity contribution in [1.82, 2.24) is 0 Å². The highest BCUT2D eigenvalue weighted by atomic mass is 16.6. The van der Waals surface area contributed by atoms with Crippen LogP contribution in [-0.4, -0.2) is 16.6 Å². The smallest absolute Gasteiger partial charge is 0.270 e. The maximum atomic E-state index is 13.0. The van der Waals surface area contributed by atoms with Gasteiger partial charge in [-0.25, -0.2) is 0 Å². The lowest BCUT2D eigenvalue weighted by molar-refractivity contribution is -0.384. The van der Waals surface area contributed by atoms with E-state index in [0.29, 0.717) is 11.1 Å². The second kappa shape index (κ2) is 9.06. The van der Waals surface area contributed by atoms with E-state index in [4.69, 9.17) is 0 Å². The first-order chi connectivity index (χ1) is 15.5. The number of rotatable bonds is 6. The zero-order chi connectivity index (χ0) is 22.5. The second-order valence-electron chi connectivity index (χ2n) is 7.08. The van der Waals surface area contributed by atoms with E-state index >= 15 is 0 Å². The molecular weight excluding hydrogens is 404 g/mol.